The van der Waals surface area contributed by atoms with Crippen molar-refractivity contribution >= 4 is 44.6 Å². The van der Waals surface area contributed by atoms with Crippen LogP contribution in [0.2, 0.25) is 0 Å². The fourth-order valence-electron chi connectivity index (χ4n) is 5.29. The highest BCUT2D eigenvalue weighted by Crippen LogP contribution is 2.39. The standard InChI is InChI=1S/C23H22FN9O/c1-25-15-5-12(24)4-14-18-21(30-19(14)15)31-23(34-13-6-16-20(27-7-13)29-10-28-16)32-22(18)33-8-11-2-3-26-17(11)9-33/h4-7,10-11,17,25-26H,2-3,8-9H2,1H3,(H,27,28,29)(H,30,31,32). The quantitative estimate of drug-likeness (QED) is 0.324. The molecule has 0 bridgehead atoms. The second-order valence-corrected chi connectivity index (χ2v) is 8.86. The lowest BCUT2D eigenvalue weighted by molar-refractivity contribution is 0.442. The van der Waals surface area contributed by atoms with Crippen LogP contribution in [0.15, 0.2) is 30.7 Å². The van der Waals surface area contributed by atoms with E-state index < -0.39 is 0 Å². The van der Waals surface area contributed by atoms with Crippen LogP contribution in [0.5, 0.6) is 11.8 Å². The molecule has 172 valence electrons. The van der Waals surface area contributed by atoms with Gasteiger partial charge in [0, 0.05) is 37.6 Å². The first-order chi connectivity index (χ1) is 16.7. The van der Waals surface area contributed by atoms with Crippen LogP contribution in [0.1, 0.15) is 6.42 Å². The summed E-state index contributed by atoms with van der Waals surface area (Å²) in [4.78, 5) is 26.6. The largest absolute Gasteiger partial charge is 0.422 e. The Bertz CT molecular complexity index is 1550. The van der Waals surface area contributed by atoms with Crippen molar-refractivity contribution in [3.63, 3.8) is 0 Å². The Labute approximate surface area is 193 Å². The summed E-state index contributed by atoms with van der Waals surface area (Å²) in [5.74, 6) is 1.48. The SMILES string of the molecule is CNc1cc(F)cc2c1[nH]c1nc(Oc3cnc4[nH]cnc4c3)nc(N3CC4CCNC4C3)c12. The number of ether oxygens (including phenoxy) is 1. The lowest BCUT2D eigenvalue weighted by atomic mass is 10.1. The predicted molar refractivity (Wildman–Crippen MR) is 127 cm³/mol. The average Bonchev–Trinajstić information content (AvgIpc) is 3.60. The number of imidazole rings is 1. The first-order valence-electron chi connectivity index (χ1n) is 11.3. The molecule has 2 fully saturated rings. The molecule has 4 aromatic heterocycles. The van der Waals surface area contributed by atoms with Crippen molar-refractivity contribution < 1.29 is 9.13 Å². The molecule has 0 radical (unpaired) electrons. The zero-order valence-electron chi connectivity index (χ0n) is 18.4. The molecule has 2 unspecified atom stereocenters. The van der Waals surface area contributed by atoms with E-state index in [2.05, 4.69) is 40.5 Å². The number of anilines is 2. The number of nitrogens with zero attached hydrogens (tertiary/aromatic N) is 5. The molecule has 2 aliphatic heterocycles. The second kappa shape index (κ2) is 7.26. The molecule has 0 aliphatic carbocycles. The molecule has 2 atom stereocenters. The molecule has 2 aliphatic rings. The van der Waals surface area contributed by atoms with E-state index in [9.17, 15) is 4.39 Å². The van der Waals surface area contributed by atoms with E-state index in [4.69, 9.17) is 9.72 Å². The van der Waals surface area contributed by atoms with Gasteiger partial charge in [-0.2, -0.15) is 9.97 Å². The minimum atomic E-state index is -0.317. The molecular weight excluding hydrogens is 437 g/mol. The highest BCUT2D eigenvalue weighted by molar-refractivity contribution is 6.14. The summed E-state index contributed by atoms with van der Waals surface area (Å²) >= 11 is 0. The molecule has 0 saturated carbocycles. The number of hydrogen-bond acceptors (Lipinski definition) is 8. The fraction of sp³-hybridized carbons (Fsp3) is 0.304. The predicted octanol–water partition coefficient (Wildman–Crippen LogP) is 3.15. The van der Waals surface area contributed by atoms with Gasteiger partial charge in [0.2, 0.25) is 0 Å². The van der Waals surface area contributed by atoms with Crippen molar-refractivity contribution in [3.8, 4) is 11.8 Å². The van der Waals surface area contributed by atoms with Crippen LogP contribution in [-0.2, 0) is 0 Å². The summed E-state index contributed by atoms with van der Waals surface area (Å²) in [5.41, 5.74) is 3.41. The molecule has 5 aromatic rings. The Morgan fingerprint density at radius 2 is 2.09 bits per heavy atom. The van der Waals surface area contributed by atoms with Crippen LogP contribution in [0.25, 0.3) is 33.1 Å². The lowest BCUT2D eigenvalue weighted by Crippen LogP contribution is -2.30. The normalized spacial score (nSPS) is 20.0. The zero-order chi connectivity index (χ0) is 22.8. The minimum Gasteiger partial charge on any atom is -0.422 e. The van der Waals surface area contributed by atoms with Gasteiger partial charge >= 0.3 is 6.01 Å². The molecule has 34 heavy (non-hydrogen) atoms. The van der Waals surface area contributed by atoms with E-state index in [-0.39, 0.29) is 11.8 Å². The highest BCUT2D eigenvalue weighted by Gasteiger charge is 2.37. The van der Waals surface area contributed by atoms with Gasteiger partial charge in [0.15, 0.2) is 11.4 Å². The van der Waals surface area contributed by atoms with E-state index in [1.807, 2.05) is 0 Å². The Balaban J connectivity index is 1.40. The summed E-state index contributed by atoms with van der Waals surface area (Å²) in [6.45, 7) is 2.76. The molecular formula is C23H22FN9O. The summed E-state index contributed by atoms with van der Waals surface area (Å²) < 4.78 is 20.5. The first-order valence-corrected chi connectivity index (χ1v) is 11.3. The smallest absolute Gasteiger partial charge is 0.326 e. The molecule has 7 rings (SSSR count). The number of aromatic nitrogens is 6. The molecule has 4 N–H and O–H groups in total. The third-order valence-electron chi connectivity index (χ3n) is 6.87. The number of pyridine rings is 1. The number of aromatic amines is 2. The third-order valence-corrected chi connectivity index (χ3v) is 6.87. The molecule has 11 heteroatoms. The molecule has 2 saturated heterocycles. The van der Waals surface area contributed by atoms with Crippen LogP contribution >= 0.6 is 0 Å². The lowest BCUT2D eigenvalue weighted by Gasteiger charge is -2.20. The summed E-state index contributed by atoms with van der Waals surface area (Å²) in [6.07, 6.45) is 4.33. The van der Waals surface area contributed by atoms with Gasteiger partial charge in [-0.1, -0.05) is 0 Å². The van der Waals surface area contributed by atoms with Gasteiger partial charge in [0.1, 0.15) is 22.8 Å². The van der Waals surface area contributed by atoms with E-state index in [0.717, 1.165) is 48.2 Å². The maximum absolute atomic E-state index is 14.5. The zero-order valence-corrected chi connectivity index (χ0v) is 18.4. The molecule has 1 aromatic carbocycles. The highest BCUT2D eigenvalue weighted by atomic mass is 19.1. The van der Waals surface area contributed by atoms with E-state index in [0.29, 0.717) is 40.2 Å². The molecule has 0 amide bonds. The number of H-pyrrole nitrogens is 2. The van der Waals surface area contributed by atoms with Crippen LogP contribution in [0, 0.1) is 11.7 Å². The van der Waals surface area contributed by atoms with Crippen molar-refractivity contribution in [1.82, 2.24) is 35.2 Å². The van der Waals surface area contributed by atoms with Gasteiger partial charge in [-0.25, -0.2) is 14.4 Å². The number of hydrogen-bond donors (Lipinski definition) is 4. The van der Waals surface area contributed by atoms with Crippen LogP contribution in [0.4, 0.5) is 15.9 Å². The second-order valence-electron chi connectivity index (χ2n) is 8.86. The maximum Gasteiger partial charge on any atom is 0.326 e. The van der Waals surface area contributed by atoms with Gasteiger partial charge < -0.3 is 30.2 Å². The summed E-state index contributed by atoms with van der Waals surface area (Å²) in [5, 5.41) is 8.18. The van der Waals surface area contributed by atoms with E-state index in [1.165, 1.54) is 12.1 Å². The summed E-state index contributed by atoms with van der Waals surface area (Å²) in [7, 11) is 1.77. The van der Waals surface area contributed by atoms with Gasteiger partial charge in [0.05, 0.1) is 29.1 Å². The monoisotopic (exact) mass is 459 g/mol. The Morgan fingerprint density at radius 3 is 2.97 bits per heavy atom. The number of nitrogens with one attached hydrogen (secondary N) is 4. The maximum atomic E-state index is 14.5. The molecule has 10 nitrogen and oxygen atoms in total. The van der Waals surface area contributed by atoms with Crippen LogP contribution in [0.3, 0.4) is 0 Å². The van der Waals surface area contributed by atoms with Crippen LogP contribution in [-0.4, -0.2) is 62.6 Å². The Kier molecular flexibility index (Phi) is 4.16. The summed E-state index contributed by atoms with van der Waals surface area (Å²) in [6, 6.07) is 5.41. The molecule has 6 heterocycles. The van der Waals surface area contributed by atoms with Gasteiger partial charge in [0.25, 0.3) is 0 Å². The Hall–Kier alpha value is -3.99. The third kappa shape index (κ3) is 2.97. The first kappa shape index (κ1) is 19.5. The van der Waals surface area contributed by atoms with Gasteiger partial charge in [-0.15, -0.1) is 0 Å². The van der Waals surface area contributed by atoms with Crippen molar-refractivity contribution in [2.24, 2.45) is 5.92 Å². The minimum absolute atomic E-state index is 0.197. The molecule has 0 spiro atoms. The number of fused-ring (bicyclic) bond motifs is 5. The van der Waals surface area contributed by atoms with Crippen molar-refractivity contribution in [2.75, 3.05) is 36.9 Å². The number of rotatable bonds is 4. The van der Waals surface area contributed by atoms with Crippen molar-refractivity contribution in [2.45, 2.75) is 12.5 Å². The number of benzene rings is 1. The Morgan fingerprint density at radius 1 is 1.15 bits per heavy atom. The van der Waals surface area contributed by atoms with Crippen LogP contribution < -0.4 is 20.3 Å². The fourth-order valence-corrected chi connectivity index (χ4v) is 5.29. The van der Waals surface area contributed by atoms with E-state index in [1.54, 1.807) is 25.6 Å². The topological polar surface area (TPSA) is 120 Å². The van der Waals surface area contributed by atoms with Crippen molar-refractivity contribution in [3.05, 3.63) is 36.5 Å². The average molecular weight is 459 g/mol. The number of halogens is 1. The van der Waals surface area contributed by atoms with Gasteiger partial charge in [-0.3, -0.25) is 0 Å². The van der Waals surface area contributed by atoms with E-state index >= 15 is 0 Å². The van der Waals surface area contributed by atoms with Gasteiger partial charge in [-0.05, 0) is 31.0 Å². The van der Waals surface area contributed by atoms with Crippen molar-refractivity contribution in [1.29, 1.82) is 0 Å².